The Balaban J connectivity index is 1.74. The summed E-state index contributed by atoms with van der Waals surface area (Å²) in [6, 6.07) is 7.44. The lowest BCUT2D eigenvalue weighted by molar-refractivity contribution is 0.0388. The van der Waals surface area contributed by atoms with Crippen molar-refractivity contribution in [1.29, 1.82) is 0 Å². The van der Waals surface area contributed by atoms with Crippen molar-refractivity contribution in [3.05, 3.63) is 42.4 Å². The van der Waals surface area contributed by atoms with Crippen molar-refractivity contribution < 1.29 is 14.6 Å². The number of likely N-dealkylation sites (N-methyl/N-ethyl adjacent to an activating group) is 1. The zero-order valence-corrected chi connectivity index (χ0v) is 11.6. The van der Waals surface area contributed by atoms with Gasteiger partial charge in [0.15, 0.2) is 5.69 Å². The van der Waals surface area contributed by atoms with Crippen LogP contribution in [0.3, 0.4) is 0 Å². The zero-order valence-electron chi connectivity index (χ0n) is 11.6. The molecule has 0 spiro atoms. The molecule has 0 unspecified atom stereocenters. The Bertz CT molecular complexity index is 651. The highest BCUT2D eigenvalue weighted by Crippen LogP contribution is 2.22. The van der Waals surface area contributed by atoms with Crippen LogP contribution in [0.2, 0.25) is 0 Å². The molecule has 1 aliphatic heterocycles. The van der Waals surface area contributed by atoms with Crippen molar-refractivity contribution in [2.45, 2.75) is 6.10 Å². The molecule has 1 aromatic carbocycles. The Kier molecular flexibility index (Phi) is 3.53. The highest BCUT2D eigenvalue weighted by Gasteiger charge is 2.24. The van der Waals surface area contributed by atoms with Gasteiger partial charge in [-0.3, -0.25) is 9.88 Å². The zero-order chi connectivity index (χ0) is 14.8. The molecular formula is C15H15N3O3. The van der Waals surface area contributed by atoms with Crippen LogP contribution in [0.15, 0.2) is 36.7 Å². The second kappa shape index (κ2) is 5.49. The number of ether oxygens (including phenoxy) is 1. The molecule has 2 aromatic rings. The van der Waals surface area contributed by atoms with Gasteiger partial charge in [-0.25, -0.2) is 9.78 Å². The molecule has 2 heterocycles. The van der Waals surface area contributed by atoms with E-state index in [1.54, 1.807) is 6.20 Å². The van der Waals surface area contributed by atoms with Gasteiger partial charge < -0.3 is 9.84 Å². The van der Waals surface area contributed by atoms with Gasteiger partial charge in [0.1, 0.15) is 11.9 Å². The predicted molar refractivity (Wildman–Crippen MR) is 76.3 cm³/mol. The van der Waals surface area contributed by atoms with E-state index in [0.717, 1.165) is 24.4 Å². The first-order valence-electron chi connectivity index (χ1n) is 6.63. The fourth-order valence-electron chi connectivity index (χ4n) is 2.22. The van der Waals surface area contributed by atoms with Crippen LogP contribution in [0, 0.1) is 0 Å². The number of likely N-dealkylation sites (tertiary alicyclic amines) is 1. The Labute approximate surface area is 122 Å². The molecule has 1 fully saturated rings. The Morgan fingerprint density at radius 1 is 1.29 bits per heavy atom. The Morgan fingerprint density at radius 2 is 2.00 bits per heavy atom. The summed E-state index contributed by atoms with van der Waals surface area (Å²) >= 11 is 0. The average Bonchev–Trinajstić information content (AvgIpc) is 2.46. The molecule has 0 bridgehead atoms. The van der Waals surface area contributed by atoms with Gasteiger partial charge >= 0.3 is 5.97 Å². The quantitative estimate of drug-likeness (QED) is 0.918. The molecule has 0 aliphatic carbocycles. The van der Waals surface area contributed by atoms with Crippen molar-refractivity contribution in [3.8, 4) is 17.0 Å². The minimum Gasteiger partial charge on any atom is -0.488 e. The highest BCUT2D eigenvalue weighted by atomic mass is 16.5. The number of rotatable bonds is 4. The first kappa shape index (κ1) is 13.5. The molecule has 1 saturated heterocycles. The average molecular weight is 285 g/mol. The molecule has 1 aromatic heterocycles. The van der Waals surface area contributed by atoms with E-state index < -0.39 is 5.97 Å². The van der Waals surface area contributed by atoms with Crippen LogP contribution in [0.25, 0.3) is 11.3 Å². The minimum atomic E-state index is -1.08. The summed E-state index contributed by atoms with van der Waals surface area (Å²) in [6.07, 6.45) is 3.02. The molecule has 1 aliphatic rings. The van der Waals surface area contributed by atoms with Crippen molar-refractivity contribution in [1.82, 2.24) is 14.9 Å². The van der Waals surface area contributed by atoms with Crippen LogP contribution < -0.4 is 4.74 Å². The molecule has 0 radical (unpaired) electrons. The number of hydrogen-bond acceptors (Lipinski definition) is 5. The summed E-state index contributed by atoms with van der Waals surface area (Å²) in [4.78, 5) is 21.1. The lowest BCUT2D eigenvalue weighted by atomic mass is 10.1. The normalized spacial score (nSPS) is 15.5. The second-order valence-corrected chi connectivity index (χ2v) is 5.08. The van der Waals surface area contributed by atoms with E-state index in [9.17, 15) is 4.79 Å². The van der Waals surface area contributed by atoms with Gasteiger partial charge in [-0.1, -0.05) is 0 Å². The maximum absolute atomic E-state index is 10.9. The molecule has 0 atom stereocenters. The second-order valence-electron chi connectivity index (χ2n) is 5.08. The topological polar surface area (TPSA) is 75.5 Å². The Morgan fingerprint density at radius 3 is 2.62 bits per heavy atom. The lowest BCUT2D eigenvalue weighted by Crippen LogP contribution is -2.51. The summed E-state index contributed by atoms with van der Waals surface area (Å²) in [6.45, 7) is 1.88. The van der Waals surface area contributed by atoms with Crippen LogP contribution in [-0.4, -0.2) is 52.2 Å². The number of carbonyl (C=O) groups is 1. The van der Waals surface area contributed by atoms with E-state index in [4.69, 9.17) is 9.84 Å². The van der Waals surface area contributed by atoms with Crippen molar-refractivity contribution in [2.75, 3.05) is 20.1 Å². The number of carboxylic acid groups (broad SMARTS) is 1. The number of benzene rings is 1. The smallest absolute Gasteiger partial charge is 0.356 e. The van der Waals surface area contributed by atoms with Gasteiger partial charge in [-0.15, -0.1) is 0 Å². The van der Waals surface area contributed by atoms with E-state index in [1.807, 2.05) is 24.3 Å². The molecular weight excluding hydrogens is 270 g/mol. The SMILES string of the molecule is CN1CC(Oc2ccc(-c3cncc(C(=O)O)n3)cc2)C1. The van der Waals surface area contributed by atoms with Gasteiger partial charge in [0.2, 0.25) is 0 Å². The van der Waals surface area contributed by atoms with Gasteiger partial charge in [-0.2, -0.15) is 0 Å². The largest absolute Gasteiger partial charge is 0.488 e. The molecule has 108 valence electrons. The van der Waals surface area contributed by atoms with Crippen LogP contribution in [0.4, 0.5) is 0 Å². The molecule has 1 N–H and O–H groups in total. The fourth-order valence-corrected chi connectivity index (χ4v) is 2.22. The van der Waals surface area contributed by atoms with E-state index in [2.05, 4.69) is 21.9 Å². The first-order valence-corrected chi connectivity index (χ1v) is 6.63. The van der Waals surface area contributed by atoms with Crippen LogP contribution in [0.5, 0.6) is 5.75 Å². The van der Waals surface area contributed by atoms with Crippen LogP contribution in [-0.2, 0) is 0 Å². The minimum absolute atomic E-state index is 0.0645. The summed E-state index contributed by atoms with van der Waals surface area (Å²) < 4.78 is 5.80. The van der Waals surface area contributed by atoms with Crippen LogP contribution in [0.1, 0.15) is 10.5 Å². The molecule has 6 heteroatoms. The summed E-state index contributed by atoms with van der Waals surface area (Å²) in [7, 11) is 2.05. The van der Waals surface area contributed by atoms with Crippen molar-refractivity contribution in [3.63, 3.8) is 0 Å². The number of aromatic nitrogens is 2. The van der Waals surface area contributed by atoms with Gasteiger partial charge in [0, 0.05) is 18.7 Å². The lowest BCUT2D eigenvalue weighted by Gasteiger charge is -2.36. The molecule has 21 heavy (non-hydrogen) atoms. The number of carboxylic acids is 1. The monoisotopic (exact) mass is 285 g/mol. The van der Waals surface area contributed by atoms with E-state index >= 15 is 0 Å². The molecule has 0 saturated carbocycles. The molecule has 0 amide bonds. The third-order valence-corrected chi connectivity index (χ3v) is 3.34. The predicted octanol–water partition coefficient (Wildman–Crippen LogP) is 1.53. The van der Waals surface area contributed by atoms with E-state index in [1.165, 1.54) is 6.20 Å². The maximum atomic E-state index is 10.9. The van der Waals surface area contributed by atoms with Gasteiger partial charge in [-0.05, 0) is 31.3 Å². The highest BCUT2D eigenvalue weighted by molar-refractivity contribution is 5.85. The molecule has 6 nitrogen and oxygen atoms in total. The number of hydrogen-bond donors (Lipinski definition) is 1. The van der Waals surface area contributed by atoms with Crippen LogP contribution >= 0.6 is 0 Å². The first-order chi connectivity index (χ1) is 10.1. The third-order valence-electron chi connectivity index (χ3n) is 3.34. The van der Waals surface area contributed by atoms with E-state index in [0.29, 0.717) is 5.69 Å². The maximum Gasteiger partial charge on any atom is 0.356 e. The van der Waals surface area contributed by atoms with Crippen molar-refractivity contribution >= 4 is 5.97 Å². The van der Waals surface area contributed by atoms with Gasteiger partial charge in [0.05, 0.1) is 18.1 Å². The standard InChI is InChI=1S/C15H15N3O3/c1-18-8-12(9-18)21-11-4-2-10(3-5-11)13-6-16-7-14(17-13)15(19)20/h2-7,12H,8-9H2,1H3,(H,19,20). The summed E-state index contributed by atoms with van der Waals surface area (Å²) in [5.74, 6) is -0.280. The van der Waals surface area contributed by atoms with Gasteiger partial charge in [0.25, 0.3) is 0 Å². The molecule has 3 rings (SSSR count). The number of aromatic carboxylic acids is 1. The summed E-state index contributed by atoms with van der Waals surface area (Å²) in [5.41, 5.74) is 1.28. The Hall–Kier alpha value is -2.47. The van der Waals surface area contributed by atoms with E-state index in [-0.39, 0.29) is 11.8 Å². The fraction of sp³-hybridized carbons (Fsp3) is 0.267. The third kappa shape index (κ3) is 3.00. The summed E-state index contributed by atoms with van der Waals surface area (Å²) in [5, 5.41) is 8.93. The van der Waals surface area contributed by atoms with Crippen molar-refractivity contribution in [2.24, 2.45) is 0 Å². The number of nitrogens with zero attached hydrogens (tertiary/aromatic N) is 3.